The molecule has 78 valence electrons. The van der Waals surface area contributed by atoms with Gasteiger partial charge in [-0.05, 0) is 26.7 Å². The number of carbonyl (C=O) groups is 2. The summed E-state index contributed by atoms with van der Waals surface area (Å²) in [5.41, 5.74) is -0.811. The minimum Gasteiger partial charge on any atom is -0.299 e. The molecule has 0 aromatic carbocycles. The van der Waals surface area contributed by atoms with Crippen molar-refractivity contribution in [1.82, 2.24) is 0 Å². The van der Waals surface area contributed by atoms with Crippen molar-refractivity contribution < 1.29 is 9.59 Å². The van der Waals surface area contributed by atoms with Gasteiger partial charge >= 0.3 is 0 Å². The summed E-state index contributed by atoms with van der Waals surface area (Å²) < 4.78 is 0. The summed E-state index contributed by atoms with van der Waals surface area (Å²) in [5, 5.41) is 0.636. The Kier molecular flexibility index (Phi) is 3.48. The van der Waals surface area contributed by atoms with Crippen LogP contribution in [0.1, 0.15) is 39.5 Å². The highest BCUT2D eigenvalue weighted by molar-refractivity contribution is 6.29. The third kappa shape index (κ3) is 2.24. The maximum absolute atomic E-state index is 11.6. The highest BCUT2D eigenvalue weighted by Gasteiger charge is 2.41. The number of carbonyl (C=O) groups excluding carboxylic acids is 2. The summed E-state index contributed by atoms with van der Waals surface area (Å²) in [6, 6.07) is 0. The molecule has 1 rings (SSSR count). The molecule has 0 aliphatic heterocycles. The maximum atomic E-state index is 11.6. The molecule has 0 radical (unpaired) electrons. The quantitative estimate of drug-likeness (QED) is 0.663. The van der Waals surface area contributed by atoms with Crippen molar-refractivity contribution in [2.75, 3.05) is 0 Å². The molecule has 1 fully saturated rings. The standard InChI is InChI=1S/C11H15ClO2/c1-8(12)6-7-11(2)9(13)4-3-5-10(11)14/h6H,3-5,7H2,1-2H3/b8-6-. The van der Waals surface area contributed by atoms with E-state index >= 15 is 0 Å². The number of hydrogen-bond donors (Lipinski definition) is 0. The molecular formula is C11H15ClO2. The monoisotopic (exact) mass is 214 g/mol. The van der Waals surface area contributed by atoms with Crippen molar-refractivity contribution in [3.05, 3.63) is 11.1 Å². The average Bonchev–Trinajstić information content (AvgIpc) is 2.11. The van der Waals surface area contributed by atoms with E-state index in [1.165, 1.54) is 0 Å². The number of hydrogen-bond acceptors (Lipinski definition) is 2. The van der Waals surface area contributed by atoms with Gasteiger partial charge in [0.15, 0.2) is 0 Å². The van der Waals surface area contributed by atoms with Gasteiger partial charge in [0, 0.05) is 17.9 Å². The molecule has 0 unspecified atom stereocenters. The molecule has 14 heavy (non-hydrogen) atoms. The zero-order valence-corrected chi connectivity index (χ0v) is 9.36. The van der Waals surface area contributed by atoms with Crippen LogP contribution in [0.5, 0.6) is 0 Å². The lowest BCUT2D eigenvalue weighted by molar-refractivity contribution is -0.142. The summed E-state index contributed by atoms with van der Waals surface area (Å²) in [6.07, 6.45) is 3.95. The zero-order valence-electron chi connectivity index (χ0n) is 8.60. The van der Waals surface area contributed by atoms with E-state index in [9.17, 15) is 9.59 Å². The molecule has 0 N–H and O–H groups in total. The second-order valence-corrected chi connectivity index (χ2v) is 4.62. The van der Waals surface area contributed by atoms with Crippen molar-refractivity contribution in [3.8, 4) is 0 Å². The maximum Gasteiger partial charge on any atom is 0.146 e. The van der Waals surface area contributed by atoms with Gasteiger partial charge in [-0.1, -0.05) is 17.7 Å². The predicted molar refractivity (Wildman–Crippen MR) is 56.2 cm³/mol. The van der Waals surface area contributed by atoms with E-state index in [0.29, 0.717) is 30.7 Å². The van der Waals surface area contributed by atoms with Gasteiger partial charge < -0.3 is 0 Å². The van der Waals surface area contributed by atoms with Gasteiger partial charge in [-0.2, -0.15) is 0 Å². The molecule has 0 heterocycles. The van der Waals surface area contributed by atoms with Crippen molar-refractivity contribution in [1.29, 1.82) is 0 Å². The first kappa shape index (κ1) is 11.4. The number of rotatable bonds is 2. The summed E-state index contributed by atoms with van der Waals surface area (Å²) >= 11 is 5.69. The molecule has 3 heteroatoms. The minimum atomic E-state index is -0.811. The summed E-state index contributed by atoms with van der Waals surface area (Å²) in [4.78, 5) is 23.3. The van der Waals surface area contributed by atoms with Crippen molar-refractivity contribution in [3.63, 3.8) is 0 Å². The molecule has 0 amide bonds. The van der Waals surface area contributed by atoms with E-state index in [-0.39, 0.29) is 11.6 Å². The number of allylic oxidation sites excluding steroid dienone is 2. The van der Waals surface area contributed by atoms with Crippen LogP contribution in [0, 0.1) is 5.41 Å². The Morgan fingerprint density at radius 2 is 1.93 bits per heavy atom. The Bertz CT molecular complexity index is 272. The molecule has 0 aromatic rings. The van der Waals surface area contributed by atoms with Gasteiger partial charge in [-0.15, -0.1) is 0 Å². The lowest BCUT2D eigenvalue weighted by Crippen LogP contribution is -2.39. The Labute approximate surface area is 89.3 Å². The second-order valence-electron chi connectivity index (χ2n) is 4.03. The topological polar surface area (TPSA) is 34.1 Å². The van der Waals surface area contributed by atoms with Crippen LogP contribution in [0.4, 0.5) is 0 Å². The predicted octanol–water partition coefficient (Wildman–Crippen LogP) is 2.85. The van der Waals surface area contributed by atoms with Crippen molar-refractivity contribution in [2.24, 2.45) is 5.41 Å². The molecule has 0 spiro atoms. The van der Waals surface area contributed by atoms with Gasteiger partial charge in [0.2, 0.25) is 0 Å². The van der Waals surface area contributed by atoms with Gasteiger partial charge in [0.25, 0.3) is 0 Å². The van der Waals surface area contributed by atoms with E-state index in [0.717, 1.165) is 0 Å². The van der Waals surface area contributed by atoms with Crippen LogP contribution in [0.2, 0.25) is 0 Å². The fraction of sp³-hybridized carbons (Fsp3) is 0.636. The first-order valence-corrected chi connectivity index (χ1v) is 5.23. The van der Waals surface area contributed by atoms with Crippen LogP contribution in [0.15, 0.2) is 11.1 Å². The molecule has 0 bridgehead atoms. The fourth-order valence-electron chi connectivity index (χ4n) is 1.69. The first-order valence-electron chi connectivity index (χ1n) is 4.85. The number of halogens is 1. The molecule has 1 aliphatic rings. The zero-order chi connectivity index (χ0) is 10.8. The second kappa shape index (κ2) is 4.26. The Morgan fingerprint density at radius 1 is 1.43 bits per heavy atom. The molecular weight excluding hydrogens is 200 g/mol. The molecule has 1 saturated carbocycles. The van der Waals surface area contributed by atoms with E-state index in [2.05, 4.69) is 0 Å². The summed E-state index contributed by atoms with van der Waals surface area (Å²) in [6.45, 7) is 3.48. The third-order valence-electron chi connectivity index (χ3n) is 2.83. The van der Waals surface area contributed by atoms with Gasteiger partial charge in [0.05, 0.1) is 5.41 Å². The highest BCUT2D eigenvalue weighted by Crippen LogP contribution is 2.33. The van der Waals surface area contributed by atoms with Crippen LogP contribution in [-0.2, 0) is 9.59 Å². The Hall–Kier alpha value is -0.630. The highest BCUT2D eigenvalue weighted by atomic mass is 35.5. The third-order valence-corrected chi connectivity index (χ3v) is 2.98. The first-order chi connectivity index (χ1) is 6.47. The van der Waals surface area contributed by atoms with Crippen LogP contribution in [0.25, 0.3) is 0 Å². The largest absolute Gasteiger partial charge is 0.299 e. The average molecular weight is 215 g/mol. The number of ketones is 2. The van der Waals surface area contributed by atoms with Crippen LogP contribution in [0.3, 0.4) is 0 Å². The molecule has 0 atom stereocenters. The normalized spacial score (nSPS) is 22.6. The van der Waals surface area contributed by atoms with Crippen LogP contribution >= 0.6 is 11.6 Å². The van der Waals surface area contributed by atoms with Crippen LogP contribution in [-0.4, -0.2) is 11.6 Å². The van der Waals surface area contributed by atoms with Crippen molar-refractivity contribution >= 4 is 23.2 Å². The van der Waals surface area contributed by atoms with Gasteiger partial charge in [-0.25, -0.2) is 0 Å². The molecule has 2 nitrogen and oxygen atoms in total. The Morgan fingerprint density at radius 3 is 2.36 bits per heavy atom. The molecule has 0 saturated heterocycles. The van der Waals surface area contributed by atoms with E-state index < -0.39 is 5.41 Å². The number of Topliss-reactive ketones (excluding diaryl/α,β-unsaturated/α-hetero) is 2. The van der Waals surface area contributed by atoms with Gasteiger partial charge in [-0.3, -0.25) is 9.59 Å². The SMILES string of the molecule is C/C(Cl)=C/CC1(C)C(=O)CCCC1=O. The van der Waals surface area contributed by atoms with Gasteiger partial charge in [0.1, 0.15) is 11.6 Å². The Balaban J connectivity index is 2.82. The molecule has 1 aliphatic carbocycles. The van der Waals surface area contributed by atoms with Crippen molar-refractivity contribution in [2.45, 2.75) is 39.5 Å². The van der Waals surface area contributed by atoms with Crippen LogP contribution < -0.4 is 0 Å². The van der Waals surface area contributed by atoms with E-state index in [1.54, 1.807) is 19.9 Å². The molecule has 0 aromatic heterocycles. The smallest absolute Gasteiger partial charge is 0.146 e. The minimum absolute atomic E-state index is 0.0583. The van der Waals surface area contributed by atoms with E-state index in [4.69, 9.17) is 11.6 Å². The fourth-order valence-corrected chi connectivity index (χ4v) is 1.77. The van der Waals surface area contributed by atoms with E-state index in [1.807, 2.05) is 0 Å². The lowest BCUT2D eigenvalue weighted by Gasteiger charge is -2.29. The lowest BCUT2D eigenvalue weighted by atomic mass is 9.71. The summed E-state index contributed by atoms with van der Waals surface area (Å²) in [7, 11) is 0. The summed E-state index contributed by atoms with van der Waals surface area (Å²) in [5.74, 6) is 0.117.